The summed E-state index contributed by atoms with van der Waals surface area (Å²) in [6.07, 6.45) is 2.07. The van der Waals surface area contributed by atoms with Gasteiger partial charge in [0, 0.05) is 8.86 Å². The van der Waals surface area contributed by atoms with Gasteiger partial charge in [-0.05, 0) is 12.8 Å². The maximum Gasteiger partial charge on any atom is 0.355 e. The molecule has 4 nitrogen and oxygen atoms in total. The fourth-order valence-corrected chi connectivity index (χ4v) is 1.36. The third-order valence-corrected chi connectivity index (χ3v) is 2.78. The molecule has 0 heterocycles. The van der Waals surface area contributed by atoms with E-state index >= 15 is 0 Å². The number of carbonyl (C=O) groups excluding carboxylic acids is 2. The van der Waals surface area contributed by atoms with Crippen LogP contribution in [0.3, 0.4) is 0 Å². The van der Waals surface area contributed by atoms with Crippen molar-refractivity contribution >= 4 is 57.1 Å². The predicted molar refractivity (Wildman–Crippen MR) is 68.4 cm³/mol. The lowest BCUT2D eigenvalue weighted by atomic mass is 10.3. The van der Waals surface area contributed by atoms with Crippen molar-refractivity contribution in [2.45, 2.75) is 25.7 Å². The van der Waals surface area contributed by atoms with Crippen molar-refractivity contribution in [1.82, 2.24) is 0 Å². The van der Waals surface area contributed by atoms with E-state index in [1.54, 1.807) is 0 Å². The molecule has 0 aromatic rings. The Kier molecular flexibility index (Phi) is 10.2. The van der Waals surface area contributed by atoms with Crippen molar-refractivity contribution in [1.29, 1.82) is 0 Å². The van der Waals surface area contributed by atoms with Gasteiger partial charge in [-0.15, -0.1) is 0 Å². The average Bonchev–Trinajstić information content (AvgIpc) is 2.20. The van der Waals surface area contributed by atoms with Gasteiger partial charge in [0.1, 0.15) is 0 Å². The Bertz CT molecular complexity index is 164. The highest BCUT2D eigenvalue weighted by Crippen LogP contribution is 2.00. The first-order valence-corrected chi connectivity index (χ1v) is 7.28. The van der Waals surface area contributed by atoms with Crippen LogP contribution >= 0.6 is 45.2 Å². The van der Waals surface area contributed by atoms with E-state index in [1.807, 2.05) is 0 Å². The molecule has 0 aromatic carbocycles. The summed E-state index contributed by atoms with van der Waals surface area (Å²) in [4.78, 5) is 30.4. The molecule has 0 atom stereocenters. The van der Waals surface area contributed by atoms with Gasteiger partial charge in [0.15, 0.2) is 0 Å². The summed E-state index contributed by atoms with van der Waals surface area (Å²) < 4.78 is 1.77. The lowest BCUT2D eigenvalue weighted by Gasteiger charge is -2.01. The van der Waals surface area contributed by atoms with Crippen LogP contribution in [0.2, 0.25) is 0 Å². The SMILES string of the molecule is O=C(CCCI)OOC(=O)CCCI. The average molecular weight is 426 g/mol. The minimum Gasteiger partial charge on any atom is -0.247 e. The second-order valence-corrected chi connectivity index (χ2v) is 4.65. The molecule has 0 unspecified atom stereocenters. The van der Waals surface area contributed by atoms with Gasteiger partial charge >= 0.3 is 11.9 Å². The summed E-state index contributed by atoms with van der Waals surface area (Å²) in [6.45, 7) is 0. The number of carbonyl (C=O) groups is 2. The quantitative estimate of drug-likeness (QED) is 0.284. The van der Waals surface area contributed by atoms with Gasteiger partial charge in [0.2, 0.25) is 0 Å². The molecule has 0 rings (SSSR count). The molecule has 0 saturated carbocycles. The van der Waals surface area contributed by atoms with Crippen LogP contribution in [-0.4, -0.2) is 20.8 Å². The Morgan fingerprint density at radius 3 is 1.50 bits per heavy atom. The molecule has 0 saturated heterocycles. The second-order valence-electron chi connectivity index (χ2n) is 2.50. The van der Waals surface area contributed by atoms with Crippen molar-refractivity contribution in [3.63, 3.8) is 0 Å². The van der Waals surface area contributed by atoms with Crippen LogP contribution in [0, 0.1) is 0 Å². The molecule has 0 spiro atoms. The van der Waals surface area contributed by atoms with E-state index in [9.17, 15) is 9.59 Å². The first kappa shape index (κ1) is 14.4. The lowest BCUT2D eigenvalue weighted by molar-refractivity contribution is -0.259. The van der Waals surface area contributed by atoms with Crippen molar-refractivity contribution < 1.29 is 19.4 Å². The van der Waals surface area contributed by atoms with Gasteiger partial charge in [-0.3, -0.25) is 0 Å². The summed E-state index contributed by atoms with van der Waals surface area (Å²) in [7, 11) is 0. The normalized spacial score (nSPS) is 9.57. The van der Waals surface area contributed by atoms with Crippen molar-refractivity contribution in [2.75, 3.05) is 8.86 Å². The Balaban J connectivity index is 3.41. The molecular weight excluding hydrogens is 414 g/mol. The van der Waals surface area contributed by atoms with Gasteiger partial charge in [-0.25, -0.2) is 19.4 Å². The van der Waals surface area contributed by atoms with E-state index in [2.05, 4.69) is 55.0 Å². The number of alkyl halides is 2. The number of halogens is 2. The molecule has 0 fully saturated rings. The zero-order valence-electron chi connectivity index (χ0n) is 7.63. The first-order chi connectivity index (χ1) is 6.70. The zero-order chi connectivity index (χ0) is 10.8. The largest absolute Gasteiger partial charge is 0.355 e. The molecule has 0 amide bonds. The zero-order valence-corrected chi connectivity index (χ0v) is 11.9. The summed E-state index contributed by atoms with van der Waals surface area (Å²) in [5, 5.41) is 0. The van der Waals surface area contributed by atoms with Crippen LogP contribution in [0.5, 0.6) is 0 Å². The van der Waals surface area contributed by atoms with E-state index in [4.69, 9.17) is 0 Å². The minimum absolute atomic E-state index is 0.294. The van der Waals surface area contributed by atoms with Gasteiger partial charge < -0.3 is 0 Å². The number of hydrogen-bond donors (Lipinski definition) is 0. The van der Waals surface area contributed by atoms with Crippen LogP contribution in [-0.2, 0) is 19.4 Å². The third-order valence-electron chi connectivity index (χ3n) is 1.26. The Morgan fingerprint density at radius 1 is 0.857 bits per heavy atom. The van der Waals surface area contributed by atoms with Crippen molar-refractivity contribution in [3.8, 4) is 0 Å². The highest BCUT2D eigenvalue weighted by atomic mass is 127. The maximum absolute atomic E-state index is 10.9. The molecule has 82 valence electrons. The summed E-state index contributed by atoms with van der Waals surface area (Å²) in [5.41, 5.74) is 0. The van der Waals surface area contributed by atoms with E-state index in [0.29, 0.717) is 12.8 Å². The van der Waals surface area contributed by atoms with Crippen LogP contribution < -0.4 is 0 Å². The minimum atomic E-state index is -0.482. The molecule has 6 heteroatoms. The van der Waals surface area contributed by atoms with E-state index in [-0.39, 0.29) is 0 Å². The summed E-state index contributed by atoms with van der Waals surface area (Å²) in [6, 6.07) is 0. The van der Waals surface area contributed by atoms with E-state index in [1.165, 1.54) is 0 Å². The molecule has 0 bridgehead atoms. The van der Waals surface area contributed by atoms with Crippen molar-refractivity contribution in [2.24, 2.45) is 0 Å². The monoisotopic (exact) mass is 426 g/mol. The highest BCUT2D eigenvalue weighted by molar-refractivity contribution is 14.1. The molecular formula is C8H12I2O4. The topological polar surface area (TPSA) is 52.6 Å². The van der Waals surface area contributed by atoms with Gasteiger partial charge in [-0.2, -0.15) is 0 Å². The molecule has 0 aliphatic carbocycles. The van der Waals surface area contributed by atoms with Crippen LogP contribution in [0.1, 0.15) is 25.7 Å². The summed E-state index contributed by atoms with van der Waals surface area (Å²) >= 11 is 4.33. The van der Waals surface area contributed by atoms with Crippen molar-refractivity contribution in [3.05, 3.63) is 0 Å². The van der Waals surface area contributed by atoms with Gasteiger partial charge in [0.05, 0.1) is 12.8 Å². The Labute approximate surface area is 110 Å². The van der Waals surface area contributed by atoms with Gasteiger partial charge in [0.25, 0.3) is 0 Å². The third kappa shape index (κ3) is 8.97. The molecule has 0 aliphatic rings. The predicted octanol–water partition coefficient (Wildman–Crippen LogP) is 2.42. The Hall–Kier alpha value is 0.400. The van der Waals surface area contributed by atoms with E-state index < -0.39 is 11.9 Å². The smallest absolute Gasteiger partial charge is 0.247 e. The standard InChI is InChI=1S/C8H12I2O4/c9-5-1-3-7(11)13-14-8(12)4-2-6-10/h1-6H2. The number of rotatable bonds is 6. The van der Waals surface area contributed by atoms with Crippen LogP contribution in [0.25, 0.3) is 0 Å². The molecule has 0 radical (unpaired) electrons. The molecule has 0 N–H and O–H groups in total. The molecule has 0 aliphatic heterocycles. The maximum atomic E-state index is 10.9. The van der Waals surface area contributed by atoms with Crippen LogP contribution in [0.15, 0.2) is 0 Å². The van der Waals surface area contributed by atoms with Gasteiger partial charge in [-0.1, -0.05) is 45.2 Å². The first-order valence-electron chi connectivity index (χ1n) is 4.22. The van der Waals surface area contributed by atoms with E-state index in [0.717, 1.165) is 21.7 Å². The fraction of sp³-hybridized carbons (Fsp3) is 0.750. The second kappa shape index (κ2) is 9.94. The highest BCUT2D eigenvalue weighted by Gasteiger charge is 2.08. The molecule has 14 heavy (non-hydrogen) atoms. The number of hydrogen-bond acceptors (Lipinski definition) is 4. The Morgan fingerprint density at radius 2 is 1.21 bits per heavy atom. The van der Waals surface area contributed by atoms with Crippen LogP contribution in [0.4, 0.5) is 0 Å². The fourth-order valence-electron chi connectivity index (χ4n) is 0.599. The molecule has 0 aromatic heterocycles. The summed E-state index contributed by atoms with van der Waals surface area (Å²) in [5.74, 6) is -0.964. The lowest BCUT2D eigenvalue weighted by Crippen LogP contribution is -2.11.